The zero-order valence-corrected chi connectivity index (χ0v) is 24.8. The Bertz CT molecular complexity index is 1490. The molecule has 2 atom stereocenters. The van der Waals surface area contributed by atoms with Gasteiger partial charge in [-0.2, -0.15) is 0 Å². The molecule has 3 aromatic rings. The Hall–Kier alpha value is -3.80. The molecule has 11 nitrogen and oxygen atoms in total. The number of nitrogens with zero attached hydrogens (tertiary/aromatic N) is 6. The minimum Gasteiger partial charge on any atom is -0.377 e. The lowest BCUT2D eigenvalue weighted by Gasteiger charge is -2.33. The lowest BCUT2D eigenvalue weighted by Crippen LogP contribution is -2.46. The monoisotopic (exact) mass is 590 g/mol. The van der Waals surface area contributed by atoms with Gasteiger partial charge in [0, 0.05) is 43.9 Å². The van der Waals surface area contributed by atoms with Crippen molar-refractivity contribution in [3.05, 3.63) is 64.4 Å². The maximum Gasteiger partial charge on any atom is 0.255 e. The van der Waals surface area contributed by atoms with Crippen LogP contribution in [0.1, 0.15) is 41.5 Å². The molecule has 0 saturated carbocycles. The average Bonchev–Trinajstić information content (AvgIpc) is 3.31. The standard InChI is InChI=1S/C30H35ClN8O3/c1-18(25-5-4-6-26(35-25)38-11-9-37(3)10-12-38)33-28(40)19(2)39-15-21-8-7-20(13-23(21)29(39)41)27-24(31)14-32-30(36-27)34-22-16-42-17-22/h4-8,13-14,18-19,22H,9-12,15-17H2,1-3H3,(H,33,40)(H,32,34,36)/t18-,19-/m1/s1. The summed E-state index contributed by atoms with van der Waals surface area (Å²) in [6, 6.07) is 10.7. The van der Waals surface area contributed by atoms with Crippen molar-refractivity contribution in [2.45, 2.75) is 38.5 Å². The molecule has 1 aromatic carbocycles. The van der Waals surface area contributed by atoms with Gasteiger partial charge < -0.3 is 30.1 Å². The molecule has 3 aliphatic rings. The number of aromatic nitrogens is 3. The van der Waals surface area contributed by atoms with Crippen LogP contribution in [0.5, 0.6) is 0 Å². The molecular formula is C30H35ClN8O3. The summed E-state index contributed by atoms with van der Waals surface area (Å²) < 4.78 is 5.21. The van der Waals surface area contributed by atoms with Crippen LogP contribution >= 0.6 is 11.6 Å². The predicted molar refractivity (Wildman–Crippen MR) is 161 cm³/mol. The number of carbonyl (C=O) groups excluding carboxylic acids is 2. The molecule has 2 aromatic heterocycles. The molecule has 0 aliphatic carbocycles. The number of benzene rings is 1. The number of ether oxygens (including phenoxy) is 1. The van der Waals surface area contributed by atoms with Gasteiger partial charge in [-0.15, -0.1) is 0 Å². The molecule has 3 aliphatic heterocycles. The fourth-order valence-electron chi connectivity index (χ4n) is 5.37. The Morgan fingerprint density at radius 1 is 1.10 bits per heavy atom. The summed E-state index contributed by atoms with van der Waals surface area (Å²) in [4.78, 5) is 46.7. The van der Waals surface area contributed by atoms with Crippen molar-refractivity contribution in [2.24, 2.45) is 0 Å². The topological polar surface area (TPSA) is 116 Å². The number of hydrogen-bond acceptors (Lipinski definition) is 9. The van der Waals surface area contributed by atoms with Gasteiger partial charge in [0.1, 0.15) is 11.9 Å². The second kappa shape index (κ2) is 11.8. The number of carbonyl (C=O) groups is 2. The number of fused-ring (bicyclic) bond motifs is 1. The normalized spacial score (nSPS) is 18.8. The minimum atomic E-state index is -0.667. The summed E-state index contributed by atoms with van der Waals surface area (Å²) in [5.41, 5.74) is 3.43. The van der Waals surface area contributed by atoms with E-state index in [4.69, 9.17) is 21.3 Å². The number of piperazine rings is 1. The number of nitrogens with one attached hydrogen (secondary N) is 2. The van der Waals surface area contributed by atoms with Gasteiger partial charge in [-0.05, 0) is 44.7 Å². The zero-order chi connectivity index (χ0) is 29.4. The number of amides is 2. The number of halogens is 1. The van der Waals surface area contributed by atoms with Gasteiger partial charge in [-0.3, -0.25) is 9.59 Å². The number of hydrogen-bond donors (Lipinski definition) is 2. The van der Waals surface area contributed by atoms with Crippen LogP contribution in [-0.2, 0) is 16.1 Å². The van der Waals surface area contributed by atoms with Gasteiger partial charge in [-0.1, -0.05) is 29.8 Å². The minimum absolute atomic E-state index is 0.168. The van der Waals surface area contributed by atoms with Gasteiger partial charge in [0.05, 0.1) is 47.9 Å². The van der Waals surface area contributed by atoms with E-state index in [1.165, 1.54) is 0 Å². The van der Waals surface area contributed by atoms with Gasteiger partial charge in [0.25, 0.3) is 5.91 Å². The molecule has 0 unspecified atom stereocenters. The Morgan fingerprint density at radius 2 is 1.88 bits per heavy atom. The highest BCUT2D eigenvalue weighted by molar-refractivity contribution is 6.33. The summed E-state index contributed by atoms with van der Waals surface area (Å²) in [5.74, 6) is 0.941. The summed E-state index contributed by atoms with van der Waals surface area (Å²) in [7, 11) is 2.12. The van der Waals surface area contributed by atoms with Crippen LogP contribution < -0.4 is 15.5 Å². The van der Waals surface area contributed by atoms with Crippen molar-refractivity contribution < 1.29 is 14.3 Å². The van der Waals surface area contributed by atoms with Gasteiger partial charge in [-0.25, -0.2) is 15.0 Å². The molecule has 42 heavy (non-hydrogen) atoms. The Morgan fingerprint density at radius 3 is 2.62 bits per heavy atom. The molecule has 2 N–H and O–H groups in total. The van der Waals surface area contributed by atoms with Crippen LogP contribution in [0.4, 0.5) is 11.8 Å². The molecule has 0 radical (unpaired) electrons. The quantitative estimate of drug-likeness (QED) is 0.408. The van der Waals surface area contributed by atoms with E-state index < -0.39 is 6.04 Å². The zero-order valence-electron chi connectivity index (χ0n) is 24.0. The van der Waals surface area contributed by atoms with Crippen molar-refractivity contribution in [1.29, 1.82) is 0 Å². The van der Waals surface area contributed by atoms with E-state index in [1.807, 2.05) is 37.3 Å². The van der Waals surface area contributed by atoms with E-state index >= 15 is 0 Å². The van der Waals surface area contributed by atoms with Crippen LogP contribution in [0.3, 0.4) is 0 Å². The van der Waals surface area contributed by atoms with Crippen LogP contribution in [0.25, 0.3) is 11.3 Å². The first-order chi connectivity index (χ1) is 20.3. The number of pyridine rings is 1. The summed E-state index contributed by atoms with van der Waals surface area (Å²) >= 11 is 6.45. The highest BCUT2D eigenvalue weighted by Crippen LogP contribution is 2.32. The van der Waals surface area contributed by atoms with Crippen LogP contribution in [-0.4, -0.2) is 95.1 Å². The van der Waals surface area contributed by atoms with Crippen molar-refractivity contribution in [3.8, 4) is 11.3 Å². The number of anilines is 2. The van der Waals surface area contributed by atoms with Crippen molar-refractivity contribution in [1.82, 2.24) is 30.1 Å². The second-order valence-electron chi connectivity index (χ2n) is 11.2. The molecule has 2 saturated heterocycles. The molecule has 0 bridgehead atoms. The predicted octanol–water partition coefficient (Wildman–Crippen LogP) is 2.98. The lowest BCUT2D eigenvalue weighted by atomic mass is 10.0. The Kier molecular flexibility index (Phi) is 7.98. The van der Waals surface area contributed by atoms with E-state index in [1.54, 1.807) is 24.1 Å². The first kappa shape index (κ1) is 28.3. The third-order valence-electron chi connectivity index (χ3n) is 8.16. The second-order valence-corrected chi connectivity index (χ2v) is 11.6. The maximum absolute atomic E-state index is 13.5. The van der Waals surface area contributed by atoms with Crippen molar-refractivity contribution in [2.75, 3.05) is 56.7 Å². The van der Waals surface area contributed by atoms with Gasteiger partial charge in [0.2, 0.25) is 11.9 Å². The smallest absolute Gasteiger partial charge is 0.255 e. The molecule has 12 heteroatoms. The van der Waals surface area contributed by atoms with Gasteiger partial charge >= 0.3 is 0 Å². The molecule has 2 amide bonds. The molecule has 220 valence electrons. The lowest BCUT2D eigenvalue weighted by molar-refractivity contribution is -0.125. The maximum atomic E-state index is 13.5. The van der Waals surface area contributed by atoms with Crippen LogP contribution in [0.2, 0.25) is 5.02 Å². The van der Waals surface area contributed by atoms with Crippen LogP contribution in [0.15, 0.2) is 42.6 Å². The highest BCUT2D eigenvalue weighted by atomic mass is 35.5. The fourth-order valence-corrected chi connectivity index (χ4v) is 5.57. The average molecular weight is 591 g/mol. The molecule has 0 spiro atoms. The highest BCUT2D eigenvalue weighted by Gasteiger charge is 2.35. The van der Waals surface area contributed by atoms with Crippen LogP contribution in [0, 0.1) is 0 Å². The molecule has 6 rings (SSSR count). The molecular weight excluding hydrogens is 556 g/mol. The first-order valence-electron chi connectivity index (χ1n) is 14.3. The Balaban J connectivity index is 1.12. The summed E-state index contributed by atoms with van der Waals surface area (Å²) in [6.07, 6.45) is 1.55. The SMILES string of the molecule is C[C@H](C(=O)N[C@H](C)c1cccc(N2CCN(C)CC2)n1)N1Cc2ccc(-c3nc(NC4COC4)ncc3Cl)cc2C1=O. The van der Waals surface area contributed by atoms with E-state index in [0.717, 1.165) is 43.3 Å². The third kappa shape index (κ3) is 5.77. The van der Waals surface area contributed by atoms with E-state index in [9.17, 15) is 9.59 Å². The van der Waals surface area contributed by atoms with Gasteiger partial charge in [0.15, 0.2) is 0 Å². The third-order valence-corrected chi connectivity index (χ3v) is 8.44. The first-order valence-corrected chi connectivity index (χ1v) is 14.7. The van der Waals surface area contributed by atoms with E-state index in [2.05, 4.69) is 37.4 Å². The summed E-state index contributed by atoms with van der Waals surface area (Å²) in [6.45, 7) is 9.05. The molecule has 5 heterocycles. The number of likely N-dealkylation sites (N-methyl/N-ethyl adjacent to an activating group) is 1. The number of rotatable bonds is 8. The van der Waals surface area contributed by atoms with Crippen molar-refractivity contribution in [3.63, 3.8) is 0 Å². The van der Waals surface area contributed by atoms with Crippen molar-refractivity contribution >= 4 is 35.2 Å². The van der Waals surface area contributed by atoms with E-state index in [0.29, 0.717) is 47.6 Å². The largest absolute Gasteiger partial charge is 0.377 e. The molecule has 2 fully saturated rings. The van der Waals surface area contributed by atoms with E-state index in [-0.39, 0.29) is 23.9 Å². The summed E-state index contributed by atoms with van der Waals surface area (Å²) in [5, 5.41) is 6.68. The fraction of sp³-hybridized carbons (Fsp3) is 0.433. The Labute approximate surface area is 250 Å².